The molecule has 0 fully saturated rings. The summed E-state index contributed by atoms with van der Waals surface area (Å²) >= 11 is 0. The summed E-state index contributed by atoms with van der Waals surface area (Å²) in [5, 5.41) is 8.93. The zero-order valence-electron chi connectivity index (χ0n) is 7.88. The van der Waals surface area contributed by atoms with Gasteiger partial charge in [0.2, 0.25) is 12.0 Å². The summed E-state index contributed by atoms with van der Waals surface area (Å²) in [5.41, 5.74) is 11.4. The lowest BCUT2D eigenvalue weighted by Gasteiger charge is -2.19. The number of rotatable bonds is 1. The molecule has 0 bridgehead atoms. The quantitative estimate of drug-likeness (QED) is 0.146. The first-order valence-corrected chi connectivity index (χ1v) is 3.86. The van der Waals surface area contributed by atoms with Gasteiger partial charge in [-0.15, -0.1) is 0 Å². The number of hydrogen-bond donors (Lipinski definition) is 5. The number of amides is 4. The number of carbonyl (C=O) groups excluding carboxylic acids is 2. The van der Waals surface area contributed by atoms with E-state index in [1.54, 1.807) is 5.43 Å². The summed E-state index contributed by atoms with van der Waals surface area (Å²) in [4.78, 5) is 36.6. The number of nitrogens with two attached hydrogens (primary N) is 3. The average molecular weight is 229 g/mol. The van der Waals surface area contributed by atoms with Crippen molar-refractivity contribution in [3.8, 4) is 0 Å². The summed E-state index contributed by atoms with van der Waals surface area (Å²) in [7, 11) is 0. The molecule has 0 saturated heterocycles. The summed E-state index contributed by atoms with van der Waals surface area (Å²) in [6.45, 7) is 0. The second-order valence-electron chi connectivity index (χ2n) is 2.80. The van der Waals surface area contributed by atoms with Crippen molar-refractivity contribution < 1.29 is 24.0 Å². The molecule has 16 heavy (non-hydrogen) atoms. The van der Waals surface area contributed by atoms with Crippen molar-refractivity contribution in [2.75, 3.05) is 0 Å². The molecule has 10 nitrogen and oxygen atoms in total. The molecule has 1 rings (SSSR count). The van der Waals surface area contributed by atoms with Crippen molar-refractivity contribution in [3.05, 3.63) is 11.5 Å². The van der Waals surface area contributed by atoms with Crippen molar-refractivity contribution in [1.82, 2.24) is 5.43 Å². The first-order chi connectivity index (χ1) is 7.37. The second-order valence-corrected chi connectivity index (χ2v) is 2.80. The van der Waals surface area contributed by atoms with E-state index in [1.165, 1.54) is 0 Å². The largest absolute Gasteiger partial charge is 0.535 e. The van der Waals surface area contributed by atoms with Crippen molar-refractivity contribution in [1.29, 1.82) is 0 Å². The van der Waals surface area contributed by atoms with Crippen LogP contribution in [0.5, 0.6) is 0 Å². The third kappa shape index (κ3) is 1.29. The fourth-order valence-corrected chi connectivity index (χ4v) is 1.13. The molecule has 0 aliphatic carbocycles. The third-order valence-electron chi connectivity index (χ3n) is 1.96. The Balaban J connectivity index is 3.40. The van der Waals surface area contributed by atoms with Crippen LogP contribution >= 0.6 is 0 Å². The van der Waals surface area contributed by atoms with Gasteiger partial charge in [0, 0.05) is 0 Å². The maximum absolute atomic E-state index is 11.4. The van der Waals surface area contributed by atoms with E-state index in [0.29, 0.717) is 6.34 Å². The normalized spacial score (nSPS) is 23.3. The smallest absolute Gasteiger partial charge is 0.434 e. The molecule has 1 aliphatic heterocycles. The maximum Gasteiger partial charge on any atom is 0.535 e. The van der Waals surface area contributed by atoms with Gasteiger partial charge >= 0.3 is 12.1 Å². The van der Waals surface area contributed by atoms with Gasteiger partial charge in [-0.1, -0.05) is 0 Å². The van der Waals surface area contributed by atoms with Crippen LogP contribution in [0, 0.1) is 0 Å². The monoisotopic (exact) mass is 229 g/mol. The highest BCUT2D eigenvalue weighted by Gasteiger charge is 2.53. The number of carboxylic acid groups (broad SMARTS) is 1. The number of nitrogens with zero attached hydrogens (tertiary/aromatic N) is 2. The van der Waals surface area contributed by atoms with Crippen LogP contribution in [-0.2, 0) is 4.79 Å². The van der Waals surface area contributed by atoms with Crippen LogP contribution in [0.2, 0.25) is 0 Å². The maximum atomic E-state index is 11.4. The van der Waals surface area contributed by atoms with E-state index in [-0.39, 0.29) is 0 Å². The number of primary amides is 1. The van der Waals surface area contributed by atoms with Crippen molar-refractivity contribution >= 4 is 24.4 Å². The number of aliphatic imine (C=N–C) groups is 1. The van der Waals surface area contributed by atoms with Crippen LogP contribution in [0.4, 0.5) is 9.59 Å². The number of urea groups is 1. The Morgan fingerprint density at radius 2 is 2.00 bits per heavy atom. The molecular weight excluding hydrogens is 220 g/mol. The number of imide groups is 1. The van der Waals surface area contributed by atoms with Gasteiger partial charge in [-0.3, -0.25) is 4.79 Å². The molecule has 0 aromatic rings. The van der Waals surface area contributed by atoms with Crippen LogP contribution in [0.3, 0.4) is 0 Å². The molecule has 1 unspecified atom stereocenters. The van der Waals surface area contributed by atoms with Crippen molar-refractivity contribution in [3.63, 3.8) is 0 Å². The van der Waals surface area contributed by atoms with Gasteiger partial charge in [0.05, 0.1) is 0 Å². The average Bonchev–Trinajstić information content (AvgIpc) is 2.56. The lowest BCUT2D eigenvalue weighted by atomic mass is 10.4. The summed E-state index contributed by atoms with van der Waals surface area (Å²) < 4.78 is -1.53. The molecule has 0 aromatic carbocycles. The molecule has 8 N–H and O–H groups in total. The standard InChI is InChI=1S/C6H8N6O4/c7-3-2(4(8)13)10-1-12(3,6(15)16)5(14)11-9/h1H,9H2,(H5-,7,8,11,13,14,15,16)/p+1. The third-order valence-corrected chi connectivity index (χ3v) is 1.96. The Bertz CT molecular complexity index is 440. The predicted octanol–water partition coefficient (Wildman–Crippen LogP) is -2.28. The molecule has 0 aromatic heterocycles. The number of nitrogens with one attached hydrogen (secondary N) is 1. The Labute approximate surface area is 88.6 Å². The molecule has 1 aliphatic rings. The SMILES string of the molecule is NNC(=O)[N+]1(C(=O)O)C=NC(C(N)=O)=C1N. The highest BCUT2D eigenvalue weighted by molar-refractivity contribution is 5.99. The van der Waals surface area contributed by atoms with E-state index >= 15 is 0 Å². The van der Waals surface area contributed by atoms with Crippen molar-refractivity contribution in [2.24, 2.45) is 22.3 Å². The molecule has 0 spiro atoms. The molecule has 10 heteroatoms. The van der Waals surface area contributed by atoms with Gasteiger partial charge in [-0.2, -0.15) is 9.79 Å². The van der Waals surface area contributed by atoms with Crippen molar-refractivity contribution in [2.45, 2.75) is 0 Å². The lowest BCUT2D eigenvalue weighted by Crippen LogP contribution is -2.61. The van der Waals surface area contributed by atoms with Gasteiger partial charge in [0.1, 0.15) is 0 Å². The van der Waals surface area contributed by atoms with E-state index in [2.05, 4.69) is 4.99 Å². The molecule has 4 amide bonds. The molecule has 86 valence electrons. The fourth-order valence-electron chi connectivity index (χ4n) is 1.13. The molecular formula is C6H9N6O4+. The van der Waals surface area contributed by atoms with E-state index < -0.39 is 34.0 Å². The van der Waals surface area contributed by atoms with E-state index in [9.17, 15) is 14.4 Å². The Morgan fingerprint density at radius 3 is 2.31 bits per heavy atom. The van der Waals surface area contributed by atoms with Crippen LogP contribution in [0.1, 0.15) is 0 Å². The highest BCUT2D eigenvalue weighted by Crippen LogP contribution is 2.22. The molecule has 1 heterocycles. The summed E-state index contributed by atoms with van der Waals surface area (Å²) in [6, 6.07) is -1.18. The van der Waals surface area contributed by atoms with Gasteiger partial charge in [-0.05, 0) is 4.48 Å². The minimum absolute atomic E-state index is 0.494. The molecule has 0 radical (unpaired) electrons. The zero-order chi connectivity index (χ0) is 12.5. The highest BCUT2D eigenvalue weighted by atomic mass is 16.4. The van der Waals surface area contributed by atoms with Crippen LogP contribution in [0.15, 0.2) is 16.5 Å². The number of hydrazine groups is 1. The van der Waals surface area contributed by atoms with Crippen LogP contribution in [-0.4, -0.2) is 34.0 Å². The zero-order valence-corrected chi connectivity index (χ0v) is 7.88. The molecule has 1 atom stereocenters. The Morgan fingerprint density at radius 1 is 1.44 bits per heavy atom. The van der Waals surface area contributed by atoms with E-state index in [0.717, 1.165) is 0 Å². The minimum atomic E-state index is -1.67. The van der Waals surface area contributed by atoms with E-state index in [1.807, 2.05) is 0 Å². The van der Waals surface area contributed by atoms with Crippen LogP contribution < -0.4 is 22.7 Å². The first-order valence-electron chi connectivity index (χ1n) is 3.86. The number of hydrogen-bond acceptors (Lipinski definition) is 6. The van der Waals surface area contributed by atoms with E-state index in [4.69, 9.17) is 22.4 Å². The Hall–Kier alpha value is -2.46. The number of quaternary nitrogens is 1. The topological polar surface area (TPSA) is 174 Å². The predicted molar refractivity (Wildman–Crippen MR) is 49.9 cm³/mol. The Kier molecular flexibility index (Phi) is 2.61. The lowest BCUT2D eigenvalue weighted by molar-refractivity contribution is -0.627. The fraction of sp³-hybridized carbons (Fsp3) is 0. The minimum Gasteiger partial charge on any atom is -0.434 e. The summed E-state index contributed by atoms with van der Waals surface area (Å²) in [5.74, 6) is 3.16. The molecule has 0 saturated carbocycles. The van der Waals surface area contributed by atoms with Crippen LogP contribution in [0.25, 0.3) is 0 Å². The van der Waals surface area contributed by atoms with Gasteiger partial charge in [-0.25, -0.2) is 16.1 Å². The number of carbonyl (C=O) groups is 3. The van der Waals surface area contributed by atoms with Gasteiger partial charge in [0.15, 0.2) is 0 Å². The van der Waals surface area contributed by atoms with Gasteiger partial charge < -0.3 is 16.6 Å². The van der Waals surface area contributed by atoms with Gasteiger partial charge in [0.25, 0.3) is 11.7 Å². The first kappa shape index (κ1) is 11.6. The second kappa shape index (κ2) is 3.60. The summed E-state index contributed by atoms with van der Waals surface area (Å²) in [6.07, 6.45) is -1.01.